The molecule has 0 aliphatic heterocycles. The van der Waals surface area contributed by atoms with E-state index in [1.807, 2.05) is 37.2 Å². The van der Waals surface area contributed by atoms with Gasteiger partial charge in [0, 0.05) is 47.7 Å². The zero-order valence-corrected chi connectivity index (χ0v) is 13.1. The lowest BCUT2D eigenvalue weighted by Gasteiger charge is -2.12. The summed E-state index contributed by atoms with van der Waals surface area (Å²) in [5.41, 5.74) is 10.6. The average molecular weight is 312 g/mol. The van der Waals surface area contributed by atoms with Gasteiger partial charge in [0.15, 0.2) is 0 Å². The number of aliphatic hydroxyl groups excluding tert-OH is 1. The van der Waals surface area contributed by atoms with Crippen molar-refractivity contribution in [1.29, 1.82) is 0 Å². The lowest BCUT2D eigenvalue weighted by atomic mass is 10.1. The normalized spacial score (nSPS) is 13.2. The number of hydrogen-bond acceptors (Lipinski definition) is 5. The van der Waals surface area contributed by atoms with Gasteiger partial charge >= 0.3 is 0 Å². The number of anilines is 2. The smallest absolute Gasteiger partial charge is 0.130 e. The number of nitrogens with zero attached hydrogens (tertiary/aromatic N) is 3. The molecule has 0 amide bonds. The second kappa shape index (κ2) is 7.17. The van der Waals surface area contributed by atoms with Crippen LogP contribution in [0.4, 0.5) is 11.4 Å². The van der Waals surface area contributed by atoms with Gasteiger partial charge in [0.1, 0.15) is 5.76 Å². The van der Waals surface area contributed by atoms with Crippen molar-refractivity contribution < 1.29 is 5.11 Å². The molecule has 0 atom stereocenters. The van der Waals surface area contributed by atoms with Crippen molar-refractivity contribution in [3.63, 3.8) is 0 Å². The number of nitrogens with one attached hydrogen (secondary N) is 1. The van der Waals surface area contributed by atoms with E-state index < -0.39 is 0 Å². The second-order valence-electron chi connectivity index (χ2n) is 5.13. The largest absolute Gasteiger partial charge is 0.507 e. The van der Waals surface area contributed by atoms with Gasteiger partial charge in [-0.2, -0.15) is 0 Å². The summed E-state index contributed by atoms with van der Waals surface area (Å²) in [4.78, 5) is 1.95. The monoisotopic (exact) mass is 312 g/mol. The summed E-state index contributed by atoms with van der Waals surface area (Å²) in [6.45, 7) is 0. The van der Waals surface area contributed by atoms with Crippen LogP contribution in [0.5, 0.6) is 0 Å². The maximum Gasteiger partial charge on any atom is 0.130 e. The van der Waals surface area contributed by atoms with E-state index in [9.17, 15) is 5.11 Å². The van der Waals surface area contributed by atoms with Crippen LogP contribution in [-0.2, 0) is 0 Å². The first kappa shape index (κ1) is 16.2. The topological polar surface area (TPSA) is 112 Å². The molecule has 0 heterocycles. The molecule has 0 fully saturated rings. The van der Waals surface area contributed by atoms with Gasteiger partial charge in [0.25, 0.3) is 0 Å². The van der Waals surface area contributed by atoms with Crippen LogP contribution in [0.3, 0.4) is 0 Å². The minimum Gasteiger partial charge on any atom is -0.507 e. The van der Waals surface area contributed by atoms with Crippen molar-refractivity contribution >= 4 is 23.3 Å². The summed E-state index contributed by atoms with van der Waals surface area (Å²) in [7, 11) is 3.87. The van der Waals surface area contributed by atoms with Crippen molar-refractivity contribution in [2.75, 3.05) is 24.7 Å². The van der Waals surface area contributed by atoms with E-state index in [1.165, 1.54) is 0 Å². The van der Waals surface area contributed by atoms with Gasteiger partial charge in [-0.25, -0.2) is 0 Å². The highest BCUT2D eigenvalue weighted by Crippen LogP contribution is 2.12. The molecule has 6 N–H and O–H groups in total. The quantitative estimate of drug-likeness (QED) is 0.286. The van der Waals surface area contributed by atoms with E-state index in [-0.39, 0.29) is 5.76 Å². The molecule has 7 nitrogen and oxygen atoms in total. The highest BCUT2D eigenvalue weighted by molar-refractivity contribution is 5.62. The van der Waals surface area contributed by atoms with Crippen LogP contribution in [0, 0.1) is 0 Å². The van der Waals surface area contributed by atoms with Crippen molar-refractivity contribution in [1.82, 2.24) is 5.43 Å². The molecule has 2 rings (SSSR count). The number of nitrogen functional groups attached to an aromatic ring is 1. The molecule has 0 saturated carbocycles. The maximum absolute atomic E-state index is 10.7. The number of benzene rings is 2. The standard InChI is InChI=1S/C16H20N6O/c1-22(2)14-8-5-12(10-19-21-20-18)15(9-14)16(23)11-3-6-13(17)7-4-11/h3-10,23H,17H2,1-2H3,(H2,18,21)(H,19,20)/b12-10-,16-15-. The van der Waals surface area contributed by atoms with E-state index >= 15 is 0 Å². The summed E-state index contributed by atoms with van der Waals surface area (Å²) in [6, 6.07) is 12.7. The molecule has 23 heavy (non-hydrogen) atoms. The Labute approximate surface area is 134 Å². The van der Waals surface area contributed by atoms with E-state index in [4.69, 9.17) is 11.6 Å². The number of nitrogens with two attached hydrogens (primary N) is 2. The molecule has 0 unspecified atom stereocenters. The first-order valence-electron chi connectivity index (χ1n) is 6.95. The number of hydrogen-bond donors (Lipinski definition) is 4. The Kier molecular flexibility index (Phi) is 5.03. The first-order valence-corrected chi connectivity index (χ1v) is 6.95. The van der Waals surface area contributed by atoms with Gasteiger partial charge in [-0.3, -0.25) is 5.43 Å². The van der Waals surface area contributed by atoms with Crippen molar-refractivity contribution in [2.45, 2.75) is 0 Å². The third-order valence-corrected chi connectivity index (χ3v) is 3.33. The SMILES string of the molecule is CN(C)c1ccc(=C/N/N=N/N)/c(=C(\O)c2ccc(N)cc2)c1. The van der Waals surface area contributed by atoms with E-state index in [1.54, 1.807) is 30.5 Å². The van der Waals surface area contributed by atoms with Gasteiger partial charge in [0.2, 0.25) is 0 Å². The average Bonchev–Trinajstić information content (AvgIpc) is 2.55. The molecule has 120 valence electrons. The van der Waals surface area contributed by atoms with E-state index in [2.05, 4.69) is 15.9 Å². The highest BCUT2D eigenvalue weighted by atomic mass is 16.3. The van der Waals surface area contributed by atoms with Crippen LogP contribution in [-0.4, -0.2) is 19.2 Å². The second-order valence-corrected chi connectivity index (χ2v) is 5.13. The Hall–Kier alpha value is -3.22. The minimum atomic E-state index is 0.145. The maximum atomic E-state index is 10.7. The van der Waals surface area contributed by atoms with Gasteiger partial charge in [-0.05, 0) is 36.4 Å². The van der Waals surface area contributed by atoms with E-state index in [0.717, 1.165) is 10.9 Å². The fourth-order valence-corrected chi connectivity index (χ4v) is 2.08. The predicted molar refractivity (Wildman–Crippen MR) is 92.7 cm³/mol. The lowest BCUT2D eigenvalue weighted by Crippen LogP contribution is -2.30. The van der Waals surface area contributed by atoms with Crippen molar-refractivity contribution in [3.8, 4) is 0 Å². The summed E-state index contributed by atoms with van der Waals surface area (Å²) >= 11 is 0. The highest BCUT2D eigenvalue weighted by Gasteiger charge is 2.03. The zero-order chi connectivity index (χ0) is 16.8. The van der Waals surface area contributed by atoms with Gasteiger partial charge in [0.05, 0.1) is 0 Å². The van der Waals surface area contributed by atoms with Crippen molar-refractivity contribution in [3.05, 3.63) is 58.5 Å². The summed E-state index contributed by atoms with van der Waals surface area (Å²) in [6.07, 6.45) is 1.61. The Morgan fingerprint density at radius 3 is 2.48 bits per heavy atom. The van der Waals surface area contributed by atoms with Crippen LogP contribution in [0.2, 0.25) is 0 Å². The molecule has 7 heteroatoms. The van der Waals surface area contributed by atoms with Gasteiger partial charge in [-0.1, -0.05) is 16.5 Å². The third kappa shape index (κ3) is 3.91. The molecule has 2 aromatic carbocycles. The van der Waals surface area contributed by atoms with Crippen LogP contribution in [0.25, 0.3) is 12.0 Å². The van der Waals surface area contributed by atoms with Crippen molar-refractivity contribution in [2.24, 2.45) is 16.3 Å². The summed E-state index contributed by atoms with van der Waals surface area (Å²) in [5, 5.41) is 18.7. The molecule has 0 bridgehead atoms. The van der Waals surface area contributed by atoms with Crippen LogP contribution in [0.1, 0.15) is 5.56 Å². The van der Waals surface area contributed by atoms with Crippen LogP contribution < -0.4 is 32.3 Å². The molecule has 0 spiro atoms. The third-order valence-electron chi connectivity index (χ3n) is 3.33. The molecular formula is C16H20N6O. The number of rotatable bonds is 4. The van der Waals surface area contributed by atoms with Gasteiger partial charge < -0.3 is 21.6 Å². The minimum absolute atomic E-state index is 0.145. The molecule has 0 aromatic heterocycles. The van der Waals surface area contributed by atoms with Crippen LogP contribution in [0.15, 0.2) is 52.9 Å². The number of aliphatic hydroxyl groups is 1. The fraction of sp³-hybridized carbons (Fsp3) is 0.125. The molecular weight excluding hydrogens is 292 g/mol. The Morgan fingerprint density at radius 1 is 1.17 bits per heavy atom. The fourth-order valence-electron chi connectivity index (χ4n) is 2.08. The Morgan fingerprint density at radius 2 is 1.87 bits per heavy atom. The summed E-state index contributed by atoms with van der Waals surface area (Å²) < 4.78 is 0. The lowest BCUT2D eigenvalue weighted by molar-refractivity contribution is 0.507. The molecule has 0 saturated heterocycles. The molecule has 0 radical (unpaired) electrons. The summed E-state index contributed by atoms with van der Waals surface area (Å²) in [5.74, 6) is 5.11. The zero-order valence-electron chi connectivity index (χ0n) is 13.1. The molecule has 0 aliphatic rings. The Balaban J connectivity index is 2.69. The van der Waals surface area contributed by atoms with E-state index in [0.29, 0.717) is 16.5 Å². The molecule has 0 aliphatic carbocycles. The van der Waals surface area contributed by atoms with Gasteiger partial charge in [-0.15, -0.1) is 0 Å². The van der Waals surface area contributed by atoms with Crippen LogP contribution >= 0.6 is 0 Å². The Bertz CT molecular complexity index is 811. The molecule has 2 aromatic rings. The first-order chi connectivity index (χ1) is 11.0. The predicted octanol–water partition coefficient (Wildman–Crippen LogP) is 0.618.